The summed E-state index contributed by atoms with van der Waals surface area (Å²) in [6.07, 6.45) is 0. The Bertz CT molecular complexity index is 784. The number of amides is 2. The van der Waals surface area contributed by atoms with Gasteiger partial charge in [-0.3, -0.25) is 0 Å². The highest BCUT2D eigenvalue weighted by atomic mass is 16.5. The number of carbonyl (C=O) groups is 2. The molecule has 0 spiro atoms. The van der Waals surface area contributed by atoms with E-state index in [9.17, 15) is 9.59 Å². The van der Waals surface area contributed by atoms with E-state index in [0.717, 1.165) is 16.9 Å². The lowest BCUT2D eigenvalue weighted by molar-refractivity contribution is 0.0526. The fraction of sp³-hybridized carbons (Fsp3) is 0.333. The zero-order chi connectivity index (χ0) is 19.8. The molecule has 0 saturated heterocycles. The lowest BCUT2D eigenvalue weighted by Crippen LogP contribution is -2.39. The molecule has 2 aromatic rings. The first-order valence-electron chi connectivity index (χ1n) is 8.94. The zero-order valence-corrected chi connectivity index (χ0v) is 16.2. The predicted molar refractivity (Wildman–Crippen MR) is 105 cm³/mol. The third-order valence-corrected chi connectivity index (χ3v) is 3.90. The number of para-hydroxylation sites is 1. The van der Waals surface area contributed by atoms with Crippen molar-refractivity contribution in [2.75, 3.05) is 18.5 Å². The van der Waals surface area contributed by atoms with Crippen molar-refractivity contribution in [1.29, 1.82) is 0 Å². The van der Waals surface area contributed by atoms with E-state index in [0.29, 0.717) is 24.5 Å². The minimum absolute atomic E-state index is 0.197. The van der Waals surface area contributed by atoms with Crippen LogP contribution in [-0.4, -0.2) is 31.3 Å². The Morgan fingerprint density at radius 3 is 2.41 bits per heavy atom. The summed E-state index contributed by atoms with van der Waals surface area (Å²) in [6, 6.07) is 12.0. The number of benzene rings is 2. The third-order valence-electron chi connectivity index (χ3n) is 3.90. The molecule has 0 bridgehead atoms. The van der Waals surface area contributed by atoms with Gasteiger partial charge in [0.25, 0.3) is 0 Å². The largest absolute Gasteiger partial charge is 0.491 e. The minimum atomic E-state index is -0.420. The van der Waals surface area contributed by atoms with Crippen LogP contribution in [0.5, 0.6) is 5.75 Å². The first kappa shape index (κ1) is 20.3. The van der Waals surface area contributed by atoms with Crippen LogP contribution in [0, 0.1) is 13.8 Å². The first-order valence-corrected chi connectivity index (χ1v) is 8.94. The number of carbonyl (C=O) groups excluding carboxylic acids is 2. The minimum Gasteiger partial charge on any atom is -0.491 e. The number of urea groups is 1. The SMILES string of the molecule is CCOC(=O)c1cccc(NC(=O)NC(C)COc2c(C)cccc2C)c1. The number of ether oxygens (including phenoxy) is 2. The number of hydrogen-bond acceptors (Lipinski definition) is 4. The number of hydrogen-bond donors (Lipinski definition) is 2. The molecule has 0 aromatic heterocycles. The van der Waals surface area contributed by atoms with Crippen molar-refractivity contribution in [1.82, 2.24) is 5.32 Å². The highest BCUT2D eigenvalue weighted by molar-refractivity contribution is 5.94. The van der Waals surface area contributed by atoms with Crippen molar-refractivity contribution in [3.05, 3.63) is 59.2 Å². The van der Waals surface area contributed by atoms with Gasteiger partial charge in [-0.1, -0.05) is 24.3 Å². The highest BCUT2D eigenvalue weighted by Gasteiger charge is 2.12. The van der Waals surface area contributed by atoms with E-state index in [1.165, 1.54) is 0 Å². The topological polar surface area (TPSA) is 76.7 Å². The molecule has 2 amide bonds. The van der Waals surface area contributed by atoms with Gasteiger partial charge in [-0.05, 0) is 57.0 Å². The molecular weight excluding hydrogens is 344 g/mol. The van der Waals surface area contributed by atoms with Crippen molar-refractivity contribution >= 4 is 17.7 Å². The average molecular weight is 370 g/mol. The molecule has 0 fully saturated rings. The van der Waals surface area contributed by atoms with E-state index in [2.05, 4.69) is 10.6 Å². The summed E-state index contributed by atoms with van der Waals surface area (Å²) < 4.78 is 10.8. The number of rotatable bonds is 7. The van der Waals surface area contributed by atoms with Gasteiger partial charge in [0.1, 0.15) is 12.4 Å². The maximum Gasteiger partial charge on any atom is 0.338 e. The second kappa shape index (κ2) is 9.62. The zero-order valence-electron chi connectivity index (χ0n) is 16.2. The molecule has 2 N–H and O–H groups in total. The van der Waals surface area contributed by atoms with Crippen LogP contribution in [0.4, 0.5) is 10.5 Å². The average Bonchev–Trinajstić information content (AvgIpc) is 2.61. The summed E-state index contributed by atoms with van der Waals surface area (Å²) in [7, 11) is 0. The summed E-state index contributed by atoms with van der Waals surface area (Å²) >= 11 is 0. The van der Waals surface area contributed by atoms with Crippen LogP contribution in [-0.2, 0) is 4.74 Å². The van der Waals surface area contributed by atoms with E-state index in [1.54, 1.807) is 31.2 Å². The van der Waals surface area contributed by atoms with Crippen molar-refractivity contribution in [3.8, 4) is 5.75 Å². The predicted octanol–water partition coefficient (Wildman–Crippen LogP) is 4.07. The smallest absolute Gasteiger partial charge is 0.338 e. The summed E-state index contributed by atoms with van der Waals surface area (Å²) in [5, 5.41) is 5.54. The van der Waals surface area contributed by atoms with E-state index >= 15 is 0 Å². The van der Waals surface area contributed by atoms with Crippen molar-refractivity contribution in [2.24, 2.45) is 0 Å². The normalized spacial score (nSPS) is 11.4. The molecule has 27 heavy (non-hydrogen) atoms. The van der Waals surface area contributed by atoms with Crippen molar-refractivity contribution < 1.29 is 19.1 Å². The monoisotopic (exact) mass is 370 g/mol. The lowest BCUT2D eigenvalue weighted by Gasteiger charge is -2.18. The molecular formula is C21H26N2O4. The van der Waals surface area contributed by atoms with E-state index in [1.807, 2.05) is 39.0 Å². The van der Waals surface area contributed by atoms with Crippen LogP contribution in [0.15, 0.2) is 42.5 Å². The molecule has 6 heteroatoms. The van der Waals surface area contributed by atoms with Crippen LogP contribution in [0.1, 0.15) is 35.3 Å². The van der Waals surface area contributed by atoms with E-state index < -0.39 is 5.97 Å². The maximum atomic E-state index is 12.2. The molecule has 0 aliphatic heterocycles. The fourth-order valence-electron chi connectivity index (χ4n) is 2.61. The van der Waals surface area contributed by atoms with Gasteiger partial charge in [-0.15, -0.1) is 0 Å². The lowest BCUT2D eigenvalue weighted by atomic mass is 10.1. The molecule has 0 saturated carbocycles. The first-order chi connectivity index (χ1) is 12.9. The Morgan fingerprint density at radius 2 is 1.74 bits per heavy atom. The number of aryl methyl sites for hydroxylation is 2. The Balaban J connectivity index is 1.88. The van der Waals surface area contributed by atoms with Crippen LogP contribution in [0.3, 0.4) is 0 Å². The van der Waals surface area contributed by atoms with Gasteiger partial charge < -0.3 is 20.1 Å². The summed E-state index contributed by atoms with van der Waals surface area (Å²) in [4.78, 5) is 23.9. The van der Waals surface area contributed by atoms with Crippen molar-refractivity contribution in [3.63, 3.8) is 0 Å². The Hall–Kier alpha value is -3.02. The molecule has 2 rings (SSSR count). The third kappa shape index (κ3) is 6.02. The molecule has 0 aliphatic carbocycles. The van der Waals surface area contributed by atoms with Crippen LogP contribution >= 0.6 is 0 Å². The standard InChI is InChI=1S/C21H26N2O4/c1-5-26-20(24)17-10-7-11-18(12-17)23-21(25)22-16(4)13-27-19-14(2)8-6-9-15(19)3/h6-12,16H,5,13H2,1-4H3,(H2,22,23,25). The molecule has 0 aliphatic rings. The number of anilines is 1. The van der Waals surface area contributed by atoms with Gasteiger partial charge >= 0.3 is 12.0 Å². The van der Waals surface area contributed by atoms with Gasteiger partial charge in [-0.2, -0.15) is 0 Å². The second-order valence-corrected chi connectivity index (χ2v) is 6.33. The van der Waals surface area contributed by atoms with E-state index in [4.69, 9.17) is 9.47 Å². The van der Waals surface area contributed by atoms with Gasteiger partial charge in [0.05, 0.1) is 18.2 Å². The number of esters is 1. The van der Waals surface area contributed by atoms with Gasteiger partial charge in [0.2, 0.25) is 0 Å². The molecule has 6 nitrogen and oxygen atoms in total. The quantitative estimate of drug-likeness (QED) is 0.721. The molecule has 0 heterocycles. The summed E-state index contributed by atoms with van der Waals surface area (Å²) in [6.45, 7) is 8.24. The Morgan fingerprint density at radius 1 is 1.07 bits per heavy atom. The fourth-order valence-corrected chi connectivity index (χ4v) is 2.61. The number of nitrogens with one attached hydrogen (secondary N) is 2. The highest BCUT2D eigenvalue weighted by Crippen LogP contribution is 2.22. The molecule has 1 atom stereocenters. The molecule has 2 aromatic carbocycles. The molecule has 0 radical (unpaired) electrons. The van der Waals surface area contributed by atoms with Crippen LogP contribution < -0.4 is 15.4 Å². The second-order valence-electron chi connectivity index (χ2n) is 6.33. The Kier molecular flexibility index (Phi) is 7.23. The van der Waals surface area contributed by atoms with Gasteiger partial charge in [0.15, 0.2) is 0 Å². The van der Waals surface area contributed by atoms with Crippen molar-refractivity contribution in [2.45, 2.75) is 33.7 Å². The Labute approximate surface area is 159 Å². The molecule has 1 unspecified atom stereocenters. The van der Waals surface area contributed by atoms with Gasteiger partial charge in [0, 0.05) is 5.69 Å². The van der Waals surface area contributed by atoms with Crippen LogP contribution in [0.2, 0.25) is 0 Å². The summed E-state index contributed by atoms with van der Waals surface area (Å²) in [5.74, 6) is 0.422. The summed E-state index contributed by atoms with van der Waals surface area (Å²) in [5.41, 5.74) is 3.02. The maximum absolute atomic E-state index is 12.2. The molecule has 144 valence electrons. The van der Waals surface area contributed by atoms with Gasteiger partial charge in [-0.25, -0.2) is 9.59 Å². The van der Waals surface area contributed by atoms with Crippen LogP contribution in [0.25, 0.3) is 0 Å². The van der Waals surface area contributed by atoms with E-state index in [-0.39, 0.29) is 12.1 Å².